The van der Waals surface area contributed by atoms with Gasteiger partial charge in [0.15, 0.2) is 0 Å². The zero-order valence-electron chi connectivity index (χ0n) is 10.2. The van der Waals surface area contributed by atoms with Crippen LogP contribution in [-0.4, -0.2) is 14.5 Å². The van der Waals surface area contributed by atoms with E-state index in [-0.39, 0.29) is 16.6 Å². The van der Waals surface area contributed by atoms with Crippen LogP contribution in [0.1, 0.15) is 26.2 Å². The molecule has 0 radical (unpaired) electrons. The molecule has 1 fully saturated rings. The molecule has 6 heteroatoms. The van der Waals surface area contributed by atoms with Crippen LogP contribution in [0.2, 0.25) is 0 Å². The molecule has 4 nitrogen and oxygen atoms in total. The minimum Gasteiger partial charge on any atom is -0.398 e. The smallest absolute Gasteiger partial charge is 0.242 e. The van der Waals surface area contributed by atoms with Crippen molar-refractivity contribution in [3.05, 3.63) is 22.7 Å². The Morgan fingerprint density at radius 3 is 2.89 bits per heavy atom. The number of benzene rings is 1. The van der Waals surface area contributed by atoms with Crippen LogP contribution in [-0.2, 0) is 10.0 Å². The fourth-order valence-corrected chi connectivity index (χ4v) is 4.07. The van der Waals surface area contributed by atoms with Crippen molar-refractivity contribution in [2.24, 2.45) is 5.92 Å². The molecule has 2 unspecified atom stereocenters. The van der Waals surface area contributed by atoms with Crippen molar-refractivity contribution in [3.8, 4) is 0 Å². The van der Waals surface area contributed by atoms with E-state index in [0.717, 1.165) is 19.3 Å². The Labute approximate surface area is 116 Å². The Kier molecular flexibility index (Phi) is 3.99. The first-order valence-corrected chi connectivity index (χ1v) is 8.29. The Morgan fingerprint density at radius 2 is 2.22 bits per heavy atom. The van der Waals surface area contributed by atoms with E-state index in [1.807, 2.05) is 0 Å². The maximum Gasteiger partial charge on any atom is 0.242 e. The normalized spacial score (nSPS) is 23.0. The van der Waals surface area contributed by atoms with Gasteiger partial charge in [0.1, 0.15) is 4.90 Å². The van der Waals surface area contributed by atoms with Crippen molar-refractivity contribution >= 4 is 31.6 Å². The van der Waals surface area contributed by atoms with Gasteiger partial charge < -0.3 is 5.73 Å². The maximum absolute atomic E-state index is 12.2. The Bertz CT molecular complexity index is 545. The summed E-state index contributed by atoms with van der Waals surface area (Å²) in [6, 6.07) is 4.93. The number of hydrogen-bond acceptors (Lipinski definition) is 3. The van der Waals surface area contributed by atoms with Gasteiger partial charge in [0, 0.05) is 10.5 Å². The molecule has 0 aliphatic heterocycles. The molecule has 0 heterocycles. The first kappa shape index (κ1) is 13.8. The molecule has 1 aromatic carbocycles. The third-order valence-electron chi connectivity index (χ3n) is 3.15. The van der Waals surface area contributed by atoms with Gasteiger partial charge in [0.2, 0.25) is 10.0 Å². The molecular weight excluding hydrogens is 316 g/mol. The van der Waals surface area contributed by atoms with Gasteiger partial charge in [-0.2, -0.15) is 0 Å². The van der Waals surface area contributed by atoms with Gasteiger partial charge >= 0.3 is 0 Å². The third-order valence-corrected chi connectivity index (χ3v) is 5.19. The number of hydrogen-bond donors (Lipinski definition) is 2. The Hall–Kier alpha value is -0.590. The molecule has 1 saturated carbocycles. The standard InChI is InChI=1S/C12H17BrN2O2S/c1-2-3-8-6-11(8)15-18(16,17)12-7-9(13)4-5-10(12)14/h4-5,7-8,11,15H,2-3,6,14H2,1H3. The van der Waals surface area contributed by atoms with Crippen molar-refractivity contribution in [1.29, 1.82) is 0 Å². The lowest BCUT2D eigenvalue weighted by Crippen LogP contribution is -2.27. The second-order valence-corrected chi connectivity index (χ2v) is 7.29. The number of nitrogens with two attached hydrogens (primary N) is 1. The number of nitrogen functional groups attached to an aromatic ring is 1. The van der Waals surface area contributed by atoms with E-state index in [2.05, 4.69) is 27.6 Å². The fourth-order valence-electron chi connectivity index (χ4n) is 2.09. The number of halogens is 1. The van der Waals surface area contributed by atoms with E-state index in [1.165, 1.54) is 6.07 Å². The quantitative estimate of drug-likeness (QED) is 0.813. The average molecular weight is 333 g/mol. The monoisotopic (exact) mass is 332 g/mol. The number of nitrogens with one attached hydrogen (secondary N) is 1. The molecule has 0 amide bonds. The summed E-state index contributed by atoms with van der Waals surface area (Å²) in [5, 5.41) is 0. The highest BCUT2D eigenvalue weighted by molar-refractivity contribution is 9.10. The predicted octanol–water partition coefficient (Wildman–Crippen LogP) is 2.50. The summed E-state index contributed by atoms with van der Waals surface area (Å²) in [6.45, 7) is 2.11. The number of rotatable bonds is 5. The van der Waals surface area contributed by atoms with Crippen molar-refractivity contribution < 1.29 is 8.42 Å². The highest BCUT2D eigenvalue weighted by Crippen LogP contribution is 2.36. The number of anilines is 1. The van der Waals surface area contributed by atoms with Crippen molar-refractivity contribution in [2.45, 2.75) is 37.1 Å². The van der Waals surface area contributed by atoms with E-state index in [9.17, 15) is 8.42 Å². The van der Waals surface area contributed by atoms with E-state index in [4.69, 9.17) is 5.73 Å². The molecule has 18 heavy (non-hydrogen) atoms. The molecule has 2 atom stereocenters. The van der Waals surface area contributed by atoms with Gasteiger partial charge in [-0.3, -0.25) is 0 Å². The summed E-state index contributed by atoms with van der Waals surface area (Å²) in [5.41, 5.74) is 6.00. The summed E-state index contributed by atoms with van der Waals surface area (Å²) in [6.07, 6.45) is 3.09. The van der Waals surface area contributed by atoms with Gasteiger partial charge in [-0.1, -0.05) is 29.3 Å². The van der Waals surface area contributed by atoms with E-state index >= 15 is 0 Å². The molecule has 0 bridgehead atoms. The number of sulfonamides is 1. The van der Waals surface area contributed by atoms with Crippen LogP contribution in [0, 0.1) is 5.92 Å². The van der Waals surface area contributed by atoms with Crippen LogP contribution in [0.25, 0.3) is 0 Å². The second-order valence-electron chi connectivity index (χ2n) is 4.69. The molecule has 0 saturated heterocycles. The molecule has 1 aliphatic rings. The zero-order chi connectivity index (χ0) is 13.3. The van der Waals surface area contributed by atoms with Crippen LogP contribution in [0.5, 0.6) is 0 Å². The molecular formula is C12H17BrN2O2S. The highest BCUT2D eigenvalue weighted by Gasteiger charge is 2.39. The van der Waals surface area contributed by atoms with Crippen LogP contribution in [0.15, 0.2) is 27.6 Å². The predicted molar refractivity (Wildman–Crippen MR) is 75.7 cm³/mol. The van der Waals surface area contributed by atoms with E-state index in [0.29, 0.717) is 10.4 Å². The molecule has 1 aromatic rings. The molecule has 100 valence electrons. The van der Waals surface area contributed by atoms with Crippen LogP contribution in [0.3, 0.4) is 0 Å². The Balaban J connectivity index is 2.14. The van der Waals surface area contributed by atoms with Gasteiger partial charge in [-0.25, -0.2) is 13.1 Å². The van der Waals surface area contributed by atoms with Crippen LogP contribution in [0.4, 0.5) is 5.69 Å². The van der Waals surface area contributed by atoms with Gasteiger partial charge in [-0.05, 0) is 37.0 Å². The summed E-state index contributed by atoms with van der Waals surface area (Å²) in [5.74, 6) is 0.484. The van der Waals surface area contributed by atoms with Crippen LogP contribution >= 0.6 is 15.9 Å². The second kappa shape index (κ2) is 5.19. The maximum atomic E-state index is 12.2. The first-order chi connectivity index (χ1) is 8.44. The molecule has 0 spiro atoms. The summed E-state index contributed by atoms with van der Waals surface area (Å²) in [7, 11) is -3.51. The summed E-state index contributed by atoms with van der Waals surface area (Å²) < 4.78 is 27.8. The lowest BCUT2D eigenvalue weighted by molar-refractivity contribution is 0.573. The Morgan fingerprint density at radius 1 is 1.50 bits per heavy atom. The van der Waals surface area contributed by atoms with Gasteiger partial charge in [-0.15, -0.1) is 0 Å². The molecule has 1 aliphatic carbocycles. The van der Waals surface area contributed by atoms with Crippen molar-refractivity contribution in [3.63, 3.8) is 0 Å². The first-order valence-electron chi connectivity index (χ1n) is 6.01. The molecule has 2 rings (SSSR count). The highest BCUT2D eigenvalue weighted by atomic mass is 79.9. The van der Waals surface area contributed by atoms with Crippen molar-refractivity contribution in [2.75, 3.05) is 5.73 Å². The molecule has 0 aromatic heterocycles. The lowest BCUT2D eigenvalue weighted by Gasteiger charge is -2.09. The third kappa shape index (κ3) is 3.05. The van der Waals surface area contributed by atoms with Crippen molar-refractivity contribution in [1.82, 2.24) is 4.72 Å². The minimum absolute atomic E-state index is 0.0772. The summed E-state index contributed by atoms with van der Waals surface area (Å²) >= 11 is 3.26. The SMILES string of the molecule is CCCC1CC1NS(=O)(=O)c1cc(Br)ccc1N. The van der Waals surface area contributed by atoms with Crippen LogP contribution < -0.4 is 10.5 Å². The average Bonchev–Trinajstić information content (AvgIpc) is 2.99. The van der Waals surface area contributed by atoms with Gasteiger partial charge in [0.05, 0.1) is 5.69 Å². The van der Waals surface area contributed by atoms with E-state index in [1.54, 1.807) is 12.1 Å². The topological polar surface area (TPSA) is 72.2 Å². The minimum atomic E-state index is -3.51. The van der Waals surface area contributed by atoms with E-state index < -0.39 is 10.0 Å². The van der Waals surface area contributed by atoms with Gasteiger partial charge in [0.25, 0.3) is 0 Å². The largest absolute Gasteiger partial charge is 0.398 e. The lowest BCUT2D eigenvalue weighted by atomic mass is 10.2. The zero-order valence-corrected chi connectivity index (χ0v) is 12.6. The summed E-state index contributed by atoms with van der Waals surface area (Å²) in [4.78, 5) is 0.152. The fraction of sp³-hybridized carbons (Fsp3) is 0.500. The molecule has 3 N–H and O–H groups in total.